The normalized spacial score (nSPS) is 13.7. The van der Waals surface area contributed by atoms with Crippen molar-refractivity contribution in [2.24, 2.45) is 11.8 Å². The van der Waals surface area contributed by atoms with Crippen molar-refractivity contribution in [1.82, 2.24) is 4.31 Å². The topological polar surface area (TPSA) is 75.7 Å². The van der Waals surface area contributed by atoms with E-state index in [1.807, 2.05) is 0 Å². The fourth-order valence-electron chi connectivity index (χ4n) is 3.97. The molecule has 0 aromatic heterocycles. The molecule has 0 aliphatic carbocycles. The first kappa shape index (κ1) is 28.4. The van der Waals surface area contributed by atoms with E-state index in [2.05, 4.69) is 33.0 Å². The number of nitrogens with zero attached hydrogens (tertiary/aromatic N) is 1. The number of hydrogen-bond donors (Lipinski definition) is 1. The molecule has 184 valence electrons. The van der Waals surface area contributed by atoms with Crippen LogP contribution in [0.5, 0.6) is 5.75 Å². The van der Waals surface area contributed by atoms with Gasteiger partial charge in [0.2, 0.25) is 15.9 Å². The van der Waals surface area contributed by atoms with Gasteiger partial charge in [-0.2, -0.15) is 4.31 Å². The lowest BCUT2D eigenvalue weighted by atomic mass is 9.97. The second kappa shape index (κ2) is 14.5. The van der Waals surface area contributed by atoms with Gasteiger partial charge in [0.1, 0.15) is 5.75 Å². The molecule has 1 rings (SSSR count). The lowest BCUT2D eigenvalue weighted by molar-refractivity contribution is -0.114. The van der Waals surface area contributed by atoms with E-state index in [9.17, 15) is 13.2 Å². The summed E-state index contributed by atoms with van der Waals surface area (Å²) in [6, 6.07) is 4.70. The highest BCUT2D eigenvalue weighted by Crippen LogP contribution is 2.31. The Labute approximate surface area is 196 Å². The maximum absolute atomic E-state index is 13.8. The van der Waals surface area contributed by atoms with Crippen molar-refractivity contribution in [3.63, 3.8) is 0 Å². The van der Waals surface area contributed by atoms with E-state index < -0.39 is 10.0 Å². The van der Waals surface area contributed by atoms with Gasteiger partial charge in [0.15, 0.2) is 0 Å². The number of amides is 1. The molecule has 32 heavy (non-hydrogen) atoms. The summed E-state index contributed by atoms with van der Waals surface area (Å²) in [5, 5.41) is 2.69. The summed E-state index contributed by atoms with van der Waals surface area (Å²) in [6.45, 7) is 11.1. The van der Waals surface area contributed by atoms with Crippen LogP contribution in [0.15, 0.2) is 23.1 Å². The summed E-state index contributed by atoms with van der Waals surface area (Å²) < 4.78 is 34.6. The van der Waals surface area contributed by atoms with Crippen LogP contribution >= 0.6 is 0 Å². The fourth-order valence-corrected chi connectivity index (χ4v) is 5.58. The van der Waals surface area contributed by atoms with Crippen molar-refractivity contribution in [1.29, 1.82) is 0 Å². The number of carbonyl (C=O) groups is 1. The average molecular weight is 469 g/mol. The average Bonchev–Trinajstić information content (AvgIpc) is 2.77. The predicted octanol–water partition coefficient (Wildman–Crippen LogP) is 6.08. The standard InChI is InChI=1S/C25H44N2O4S/c1-7-11-13-21(9-3)18-27(19-22(10-4)14-12-8-2)32(29,30)23-15-16-25(31-6)24(17-23)26-20(5)28/h15-17,21-22H,7-14,18-19H2,1-6H3,(H,26,28)/t21-,22-/m1/s1. The molecule has 0 radical (unpaired) electrons. The van der Waals surface area contributed by atoms with E-state index in [-0.39, 0.29) is 10.8 Å². The Morgan fingerprint density at radius 1 is 1.00 bits per heavy atom. The molecule has 1 amide bonds. The van der Waals surface area contributed by atoms with Gasteiger partial charge in [-0.3, -0.25) is 4.79 Å². The largest absolute Gasteiger partial charge is 0.495 e. The van der Waals surface area contributed by atoms with Gasteiger partial charge in [-0.25, -0.2) is 8.42 Å². The van der Waals surface area contributed by atoms with Gasteiger partial charge >= 0.3 is 0 Å². The smallest absolute Gasteiger partial charge is 0.243 e. The molecule has 1 N–H and O–H groups in total. The molecule has 6 nitrogen and oxygen atoms in total. The van der Waals surface area contributed by atoms with Gasteiger partial charge in [0.05, 0.1) is 17.7 Å². The molecule has 0 saturated carbocycles. The minimum Gasteiger partial charge on any atom is -0.495 e. The summed E-state index contributed by atoms with van der Waals surface area (Å²) in [5.74, 6) is 0.836. The van der Waals surface area contributed by atoms with Crippen LogP contribution in [-0.4, -0.2) is 38.8 Å². The molecule has 2 atom stereocenters. The molecule has 1 aromatic carbocycles. The lowest BCUT2D eigenvalue weighted by Gasteiger charge is -2.30. The minimum atomic E-state index is -3.72. The first-order valence-electron chi connectivity index (χ1n) is 12.2. The third-order valence-corrected chi connectivity index (χ3v) is 7.96. The second-order valence-corrected chi connectivity index (χ2v) is 10.6. The van der Waals surface area contributed by atoms with Crippen LogP contribution in [0.2, 0.25) is 0 Å². The number of benzene rings is 1. The number of ether oxygens (including phenoxy) is 1. The van der Waals surface area contributed by atoms with E-state index in [1.165, 1.54) is 20.1 Å². The number of anilines is 1. The summed E-state index contributed by atoms with van der Waals surface area (Å²) in [5.41, 5.74) is 0.372. The zero-order chi connectivity index (χ0) is 24.1. The van der Waals surface area contributed by atoms with Crippen molar-refractivity contribution in [3.8, 4) is 5.75 Å². The van der Waals surface area contributed by atoms with Crippen LogP contribution < -0.4 is 10.1 Å². The Kier molecular flexibility index (Phi) is 12.9. The molecule has 0 saturated heterocycles. The SMILES string of the molecule is CCCC[C@@H](CC)CN(C[C@H](CC)CCCC)S(=O)(=O)c1ccc(OC)c(NC(C)=O)c1. The summed E-state index contributed by atoms with van der Waals surface area (Å²) in [7, 11) is -2.22. The molecule has 1 aromatic rings. The van der Waals surface area contributed by atoms with Gasteiger partial charge in [0, 0.05) is 20.0 Å². The molecular formula is C25H44N2O4S. The third kappa shape index (κ3) is 8.74. The first-order valence-corrected chi connectivity index (χ1v) is 13.6. The summed E-state index contributed by atoms with van der Waals surface area (Å²) in [6.07, 6.45) is 8.40. The van der Waals surface area contributed by atoms with E-state index in [4.69, 9.17) is 4.74 Å². The van der Waals surface area contributed by atoms with E-state index >= 15 is 0 Å². The van der Waals surface area contributed by atoms with E-state index in [0.29, 0.717) is 36.4 Å². The Morgan fingerprint density at radius 3 is 1.94 bits per heavy atom. The molecule has 0 fully saturated rings. The number of unbranched alkanes of at least 4 members (excludes halogenated alkanes) is 2. The Morgan fingerprint density at radius 2 is 1.53 bits per heavy atom. The van der Waals surface area contributed by atoms with Crippen LogP contribution in [0.25, 0.3) is 0 Å². The maximum atomic E-state index is 13.8. The van der Waals surface area contributed by atoms with Crippen molar-refractivity contribution < 1.29 is 17.9 Å². The van der Waals surface area contributed by atoms with Crippen molar-refractivity contribution in [2.45, 2.75) is 90.9 Å². The molecule has 0 aliphatic heterocycles. The zero-order valence-corrected chi connectivity index (χ0v) is 21.8. The molecule has 0 spiro atoms. The maximum Gasteiger partial charge on any atom is 0.243 e. The predicted molar refractivity (Wildman–Crippen MR) is 133 cm³/mol. The van der Waals surface area contributed by atoms with Crippen molar-refractivity contribution >= 4 is 21.6 Å². The number of nitrogens with one attached hydrogen (secondary N) is 1. The summed E-state index contributed by atoms with van der Waals surface area (Å²) >= 11 is 0. The number of hydrogen-bond acceptors (Lipinski definition) is 4. The number of carbonyl (C=O) groups excluding carboxylic acids is 1. The number of sulfonamides is 1. The molecule has 0 bridgehead atoms. The first-order chi connectivity index (χ1) is 15.2. The van der Waals surface area contributed by atoms with Gasteiger partial charge in [-0.15, -0.1) is 0 Å². The molecule has 0 unspecified atom stereocenters. The summed E-state index contributed by atoms with van der Waals surface area (Å²) in [4.78, 5) is 11.8. The van der Waals surface area contributed by atoms with Gasteiger partial charge in [0.25, 0.3) is 0 Å². The van der Waals surface area contributed by atoms with Crippen LogP contribution in [0.1, 0.15) is 86.0 Å². The zero-order valence-electron chi connectivity index (χ0n) is 20.9. The van der Waals surface area contributed by atoms with Crippen LogP contribution in [0.4, 0.5) is 5.69 Å². The van der Waals surface area contributed by atoms with Crippen molar-refractivity contribution in [3.05, 3.63) is 18.2 Å². The highest BCUT2D eigenvalue weighted by Gasteiger charge is 2.29. The van der Waals surface area contributed by atoms with Crippen molar-refractivity contribution in [2.75, 3.05) is 25.5 Å². The van der Waals surface area contributed by atoms with Crippen LogP contribution in [0, 0.1) is 11.8 Å². The molecule has 7 heteroatoms. The van der Waals surface area contributed by atoms with E-state index in [1.54, 1.807) is 16.4 Å². The highest BCUT2D eigenvalue weighted by atomic mass is 32.2. The number of rotatable bonds is 16. The van der Waals surface area contributed by atoms with Gasteiger partial charge < -0.3 is 10.1 Å². The van der Waals surface area contributed by atoms with Crippen LogP contribution in [-0.2, 0) is 14.8 Å². The van der Waals surface area contributed by atoms with Gasteiger partial charge in [-0.05, 0) is 42.9 Å². The lowest BCUT2D eigenvalue weighted by Crippen LogP contribution is -2.39. The molecule has 0 heterocycles. The Bertz CT molecular complexity index is 777. The third-order valence-electron chi connectivity index (χ3n) is 6.13. The monoisotopic (exact) mass is 468 g/mol. The molecule has 0 aliphatic rings. The van der Waals surface area contributed by atoms with E-state index in [0.717, 1.165) is 51.4 Å². The Hall–Kier alpha value is -1.60. The fraction of sp³-hybridized carbons (Fsp3) is 0.720. The number of methoxy groups -OCH3 is 1. The quantitative estimate of drug-likeness (QED) is 0.319. The van der Waals surface area contributed by atoms with Crippen LogP contribution in [0.3, 0.4) is 0 Å². The molecular weight excluding hydrogens is 424 g/mol. The van der Waals surface area contributed by atoms with Gasteiger partial charge in [-0.1, -0.05) is 66.2 Å². The second-order valence-electron chi connectivity index (χ2n) is 8.70. The highest BCUT2D eigenvalue weighted by molar-refractivity contribution is 7.89. The Balaban J connectivity index is 3.33. The minimum absolute atomic E-state index is 0.192.